The molecule has 3 aromatic rings. The Balaban J connectivity index is 1.59. The third-order valence-corrected chi connectivity index (χ3v) is 6.56. The summed E-state index contributed by atoms with van der Waals surface area (Å²) in [6.07, 6.45) is 1.46. The quantitative estimate of drug-likeness (QED) is 0.461. The van der Waals surface area contributed by atoms with Crippen LogP contribution in [0.4, 0.5) is 5.82 Å². The van der Waals surface area contributed by atoms with Crippen molar-refractivity contribution in [2.24, 2.45) is 5.92 Å². The number of β-lactam (4-membered cyclic amide) rings is 1. The highest BCUT2D eigenvalue weighted by molar-refractivity contribution is 6.06. The summed E-state index contributed by atoms with van der Waals surface area (Å²) in [7, 11) is 0. The maximum absolute atomic E-state index is 12.5. The zero-order valence-electron chi connectivity index (χ0n) is 17.6. The first-order valence-electron chi connectivity index (χ1n) is 10.6. The van der Waals surface area contributed by atoms with Gasteiger partial charge in [0.25, 0.3) is 5.82 Å². The number of anilines is 1. The van der Waals surface area contributed by atoms with Crippen LogP contribution in [-0.4, -0.2) is 34.0 Å². The molecule has 1 amide bonds. The summed E-state index contributed by atoms with van der Waals surface area (Å²) < 4.78 is 1.95. The van der Waals surface area contributed by atoms with Gasteiger partial charge < -0.3 is 19.9 Å². The first kappa shape index (κ1) is 20.2. The Hall–Kier alpha value is -3.71. The lowest BCUT2D eigenvalue weighted by molar-refractivity contribution is -0.673. The van der Waals surface area contributed by atoms with Gasteiger partial charge in [-0.1, -0.05) is 36.4 Å². The van der Waals surface area contributed by atoms with E-state index in [-0.39, 0.29) is 17.6 Å². The van der Waals surface area contributed by atoms with Crippen LogP contribution >= 0.6 is 0 Å². The number of fused-ring (bicyclic) bond motifs is 2. The van der Waals surface area contributed by atoms with Crippen LogP contribution in [-0.2, 0) is 16.1 Å². The Bertz CT molecular complexity index is 1300. The van der Waals surface area contributed by atoms with Crippen LogP contribution in [0, 0.1) is 5.92 Å². The third kappa shape index (κ3) is 3.05. The molecule has 2 aliphatic heterocycles. The zero-order valence-corrected chi connectivity index (χ0v) is 17.6. The molecule has 2 aromatic carbocycles. The van der Waals surface area contributed by atoms with E-state index in [1.54, 1.807) is 6.92 Å². The Labute approximate surface area is 185 Å². The standard InChI is InChI=1S/C25H23N3O4/c1-14(29)22-20-12-19(23(25(31)32)28(20)24(22)30)16-9-8-15-5-4-6-17(18(15)11-16)13-27-10-3-2-7-21(27)26/h2-11,14,20,22,26,29H,12-13H2,1H3,(H,31,32)/t14-,20-,22-/m1/s1. The Morgan fingerprint density at radius 1 is 1.25 bits per heavy atom. The van der Waals surface area contributed by atoms with Crippen molar-refractivity contribution in [3.8, 4) is 0 Å². The average Bonchev–Trinajstić information content (AvgIpc) is 3.10. The SMILES string of the molecule is C[C@@H](O)[C@H]1C(=O)N2C(C(=O)[O-])=C(c3ccc4cccc(C[n+]5ccccc5N)c4c3)C[C@H]12. The molecule has 5 rings (SSSR count). The van der Waals surface area contributed by atoms with E-state index in [2.05, 4.69) is 0 Å². The lowest BCUT2D eigenvalue weighted by Gasteiger charge is -2.45. The number of amides is 1. The number of nitrogens with zero attached hydrogens (tertiary/aromatic N) is 2. The summed E-state index contributed by atoms with van der Waals surface area (Å²) in [6, 6.07) is 17.1. The lowest BCUT2D eigenvalue weighted by Crippen LogP contribution is -2.62. The Kier molecular flexibility index (Phi) is 4.71. The molecule has 0 spiro atoms. The number of pyridine rings is 1. The van der Waals surface area contributed by atoms with Crippen LogP contribution in [0.1, 0.15) is 24.5 Å². The molecule has 1 fully saturated rings. The van der Waals surface area contributed by atoms with Gasteiger partial charge >= 0.3 is 0 Å². The maximum Gasteiger partial charge on any atom is 0.272 e. The van der Waals surface area contributed by atoms with Crippen LogP contribution in [0.25, 0.3) is 16.3 Å². The molecule has 0 bridgehead atoms. The van der Waals surface area contributed by atoms with Gasteiger partial charge in [-0.2, -0.15) is 0 Å². The molecule has 7 nitrogen and oxygen atoms in total. The number of aromatic nitrogens is 1. The number of hydrogen-bond donors (Lipinski definition) is 2. The minimum Gasteiger partial charge on any atom is -0.543 e. The Morgan fingerprint density at radius 3 is 2.78 bits per heavy atom. The molecule has 3 atom stereocenters. The van der Waals surface area contributed by atoms with Crippen LogP contribution in [0.5, 0.6) is 0 Å². The number of carbonyl (C=O) groups excluding carboxylic acids is 2. The third-order valence-electron chi connectivity index (χ3n) is 6.56. The van der Waals surface area contributed by atoms with E-state index < -0.39 is 18.0 Å². The fourth-order valence-electron chi connectivity index (χ4n) is 5.00. The summed E-state index contributed by atoms with van der Waals surface area (Å²) in [6.45, 7) is 2.13. The van der Waals surface area contributed by atoms with Crippen molar-refractivity contribution in [1.82, 2.24) is 4.90 Å². The summed E-state index contributed by atoms with van der Waals surface area (Å²) in [5, 5.41) is 23.9. The fraction of sp³-hybridized carbons (Fsp3) is 0.240. The van der Waals surface area contributed by atoms with Crippen molar-refractivity contribution in [3.05, 3.63) is 77.6 Å². The topological polar surface area (TPSA) is 111 Å². The van der Waals surface area contributed by atoms with E-state index in [0.717, 1.165) is 21.9 Å². The van der Waals surface area contributed by atoms with E-state index in [1.165, 1.54) is 4.90 Å². The van der Waals surface area contributed by atoms with Gasteiger partial charge in [0.1, 0.15) is 6.54 Å². The van der Waals surface area contributed by atoms with E-state index in [1.807, 2.05) is 65.4 Å². The maximum atomic E-state index is 12.5. The zero-order chi connectivity index (χ0) is 22.6. The molecule has 162 valence electrons. The van der Waals surface area contributed by atoms with Crippen molar-refractivity contribution in [1.29, 1.82) is 0 Å². The molecule has 0 saturated carbocycles. The van der Waals surface area contributed by atoms with Crippen LogP contribution in [0.2, 0.25) is 0 Å². The number of aliphatic carboxylic acids is 1. The molecule has 32 heavy (non-hydrogen) atoms. The molecule has 1 saturated heterocycles. The highest BCUT2D eigenvalue weighted by Crippen LogP contribution is 2.47. The summed E-state index contributed by atoms with van der Waals surface area (Å²) in [4.78, 5) is 25.7. The van der Waals surface area contributed by atoms with Gasteiger partial charge in [-0.15, -0.1) is 0 Å². The van der Waals surface area contributed by atoms with Gasteiger partial charge in [0.05, 0.1) is 35.9 Å². The lowest BCUT2D eigenvalue weighted by atomic mass is 9.82. The van der Waals surface area contributed by atoms with E-state index >= 15 is 0 Å². The molecular formula is C25H23N3O4. The molecule has 7 heteroatoms. The molecule has 0 radical (unpaired) electrons. The number of aliphatic hydroxyl groups is 1. The molecule has 3 heterocycles. The minimum atomic E-state index is -1.37. The number of rotatable bonds is 5. The first-order valence-corrected chi connectivity index (χ1v) is 10.6. The molecule has 0 unspecified atom stereocenters. The average molecular weight is 429 g/mol. The largest absolute Gasteiger partial charge is 0.543 e. The van der Waals surface area contributed by atoms with Gasteiger partial charge in [0.15, 0.2) is 0 Å². The number of carboxylic acid groups (broad SMARTS) is 1. The van der Waals surface area contributed by atoms with Crippen LogP contribution in [0.3, 0.4) is 0 Å². The monoisotopic (exact) mass is 429 g/mol. The number of nitrogen functional groups attached to an aromatic ring is 1. The molecule has 0 aliphatic carbocycles. The van der Waals surface area contributed by atoms with E-state index in [9.17, 15) is 19.8 Å². The number of aliphatic hydroxyl groups excluding tert-OH is 1. The predicted molar refractivity (Wildman–Crippen MR) is 116 cm³/mol. The van der Waals surface area contributed by atoms with Crippen molar-refractivity contribution in [2.45, 2.75) is 32.0 Å². The molecule has 1 aromatic heterocycles. The van der Waals surface area contributed by atoms with Gasteiger partial charge in [0.2, 0.25) is 5.91 Å². The van der Waals surface area contributed by atoms with Gasteiger partial charge in [-0.25, -0.2) is 4.57 Å². The van der Waals surface area contributed by atoms with Crippen LogP contribution < -0.4 is 15.4 Å². The number of carbonyl (C=O) groups is 2. The van der Waals surface area contributed by atoms with Gasteiger partial charge in [-0.05, 0) is 47.4 Å². The van der Waals surface area contributed by atoms with Gasteiger partial charge in [-0.3, -0.25) is 10.5 Å². The van der Waals surface area contributed by atoms with Crippen molar-refractivity contribution < 1.29 is 24.4 Å². The fourth-order valence-corrected chi connectivity index (χ4v) is 5.00. The van der Waals surface area contributed by atoms with E-state index in [0.29, 0.717) is 24.4 Å². The number of hydrogen-bond acceptors (Lipinski definition) is 5. The minimum absolute atomic E-state index is 0.0876. The molecule has 3 N–H and O–H groups in total. The smallest absolute Gasteiger partial charge is 0.272 e. The van der Waals surface area contributed by atoms with Crippen molar-refractivity contribution in [3.63, 3.8) is 0 Å². The van der Waals surface area contributed by atoms with Gasteiger partial charge in [0, 0.05) is 11.6 Å². The predicted octanol–water partition coefficient (Wildman–Crippen LogP) is 0.830. The van der Waals surface area contributed by atoms with E-state index in [4.69, 9.17) is 5.73 Å². The summed E-state index contributed by atoms with van der Waals surface area (Å²) in [5.41, 5.74) is 8.37. The normalized spacial score (nSPS) is 20.9. The second-order valence-corrected chi connectivity index (χ2v) is 8.47. The second-order valence-electron chi connectivity index (χ2n) is 8.47. The highest BCUT2D eigenvalue weighted by Gasteiger charge is 2.55. The number of carboxylic acids is 1. The summed E-state index contributed by atoms with van der Waals surface area (Å²) >= 11 is 0. The Morgan fingerprint density at radius 2 is 2.06 bits per heavy atom. The number of benzene rings is 2. The summed E-state index contributed by atoms with van der Waals surface area (Å²) in [5.74, 6) is -1.68. The van der Waals surface area contributed by atoms with Crippen molar-refractivity contribution in [2.75, 3.05) is 5.73 Å². The number of nitrogens with two attached hydrogens (primary N) is 1. The first-order chi connectivity index (χ1) is 15.4. The van der Waals surface area contributed by atoms with Crippen LogP contribution in [0.15, 0.2) is 66.5 Å². The highest BCUT2D eigenvalue weighted by atomic mass is 16.4. The molecule has 2 aliphatic rings. The second kappa shape index (κ2) is 7.46. The molecular weight excluding hydrogens is 406 g/mol. The van der Waals surface area contributed by atoms with Crippen molar-refractivity contribution >= 4 is 34.0 Å².